The Morgan fingerprint density at radius 1 is 1.06 bits per heavy atom. The highest BCUT2D eigenvalue weighted by atomic mass is 32.2. The number of hydrogen-bond acceptors (Lipinski definition) is 6. The maximum absolute atomic E-state index is 12.8. The van der Waals surface area contributed by atoms with E-state index in [1.54, 1.807) is 37.1 Å². The predicted octanol–water partition coefficient (Wildman–Crippen LogP) is 1.62. The molecule has 1 aliphatic rings. The van der Waals surface area contributed by atoms with Gasteiger partial charge in [0.1, 0.15) is 11.8 Å². The molecule has 0 radical (unpaired) electrons. The Kier molecular flexibility index (Phi) is 8.04. The molecule has 34 heavy (non-hydrogen) atoms. The van der Waals surface area contributed by atoms with Crippen LogP contribution < -0.4 is 10.1 Å². The first-order chi connectivity index (χ1) is 16.2. The van der Waals surface area contributed by atoms with Crippen LogP contribution in [0.5, 0.6) is 5.75 Å². The minimum atomic E-state index is -3.71. The van der Waals surface area contributed by atoms with E-state index in [2.05, 4.69) is 5.32 Å². The van der Waals surface area contributed by atoms with Crippen molar-refractivity contribution in [2.45, 2.75) is 17.9 Å². The van der Waals surface area contributed by atoms with Gasteiger partial charge in [0.2, 0.25) is 21.8 Å². The maximum atomic E-state index is 12.8. The molecule has 1 saturated heterocycles. The lowest BCUT2D eigenvalue weighted by molar-refractivity contribution is -0.136. The third-order valence-corrected chi connectivity index (χ3v) is 7.36. The summed E-state index contributed by atoms with van der Waals surface area (Å²) in [7, 11) is -2.14. The van der Waals surface area contributed by atoms with Crippen LogP contribution >= 0.6 is 0 Å². The van der Waals surface area contributed by atoms with Crippen LogP contribution in [0.4, 0.5) is 0 Å². The fraction of sp³-hybridized carbons (Fsp3) is 0.292. The monoisotopic (exact) mass is 482 g/mol. The lowest BCUT2D eigenvalue weighted by Crippen LogP contribution is -2.54. The summed E-state index contributed by atoms with van der Waals surface area (Å²) in [6.07, 6.45) is 2.99. The molecular weight excluding hydrogens is 456 g/mol. The van der Waals surface area contributed by atoms with Gasteiger partial charge in [-0.3, -0.25) is 9.59 Å². The van der Waals surface area contributed by atoms with E-state index >= 15 is 0 Å². The summed E-state index contributed by atoms with van der Waals surface area (Å²) in [6.45, 7) is 2.33. The first kappa shape index (κ1) is 25.0. The van der Waals surface area contributed by atoms with E-state index < -0.39 is 22.0 Å². The zero-order valence-electron chi connectivity index (χ0n) is 19.0. The largest absolute Gasteiger partial charge is 0.497 e. The third kappa shape index (κ3) is 6.01. The maximum Gasteiger partial charge on any atom is 0.244 e. The van der Waals surface area contributed by atoms with Crippen LogP contribution in [0.15, 0.2) is 59.5 Å². The van der Waals surface area contributed by atoms with Gasteiger partial charge in [0, 0.05) is 32.3 Å². The van der Waals surface area contributed by atoms with E-state index in [0.717, 1.165) is 5.56 Å². The number of ether oxygens (including phenoxy) is 1. The summed E-state index contributed by atoms with van der Waals surface area (Å²) < 4.78 is 32.1. The molecule has 0 unspecified atom stereocenters. The smallest absolute Gasteiger partial charge is 0.244 e. The van der Waals surface area contributed by atoms with Gasteiger partial charge in [-0.2, -0.15) is 9.57 Å². The quantitative estimate of drug-likeness (QED) is 0.599. The number of nitrogens with zero attached hydrogens (tertiary/aromatic N) is 3. The van der Waals surface area contributed by atoms with E-state index in [1.165, 1.54) is 34.6 Å². The average molecular weight is 483 g/mol. The van der Waals surface area contributed by atoms with E-state index in [-0.39, 0.29) is 37.0 Å². The Morgan fingerprint density at radius 3 is 2.24 bits per heavy atom. The highest BCUT2D eigenvalue weighted by molar-refractivity contribution is 7.89. The normalized spacial score (nSPS) is 15.5. The second-order valence-electron chi connectivity index (χ2n) is 7.70. The van der Waals surface area contributed by atoms with Gasteiger partial charge in [0.25, 0.3) is 0 Å². The summed E-state index contributed by atoms with van der Waals surface area (Å²) >= 11 is 0. The molecule has 178 valence electrons. The van der Waals surface area contributed by atoms with Gasteiger partial charge in [-0.25, -0.2) is 8.42 Å². The number of piperazine rings is 1. The van der Waals surface area contributed by atoms with E-state index in [0.29, 0.717) is 11.3 Å². The molecule has 10 heteroatoms. The van der Waals surface area contributed by atoms with Crippen molar-refractivity contribution < 1.29 is 22.7 Å². The molecule has 9 nitrogen and oxygen atoms in total. The number of methoxy groups -OCH3 is 1. The first-order valence-electron chi connectivity index (χ1n) is 10.7. The Bertz CT molecular complexity index is 1190. The van der Waals surface area contributed by atoms with Crippen LogP contribution in [0.2, 0.25) is 0 Å². The molecule has 1 fully saturated rings. The molecule has 2 aromatic rings. The third-order valence-electron chi connectivity index (χ3n) is 5.44. The van der Waals surface area contributed by atoms with Crippen molar-refractivity contribution >= 4 is 27.9 Å². The van der Waals surface area contributed by atoms with Gasteiger partial charge in [-0.05, 0) is 55.0 Å². The number of nitrogens with one attached hydrogen (secondary N) is 1. The number of rotatable bonds is 7. The molecule has 0 bridgehead atoms. The first-order valence-corrected chi connectivity index (χ1v) is 12.1. The van der Waals surface area contributed by atoms with Gasteiger partial charge in [0.05, 0.1) is 23.6 Å². The molecule has 2 amide bonds. The van der Waals surface area contributed by atoms with Gasteiger partial charge in [-0.1, -0.05) is 12.1 Å². The van der Waals surface area contributed by atoms with Crippen molar-refractivity contribution in [1.29, 1.82) is 5.26 Å². The van der Waals surface area contributed by atoms with Crippen LogP contribution in [-0.2, 0) is 19.6 Å². The average Bonchev–Trinajstić information content (AvgIpc) is 2.87. The van der Waals surface area contributed by atoms with Gasteiger partial charge in [0.15, 0.2) is 0 Å². The zero-order chi connectivity index (χ0) is 24.7. The predicted molar refractivity (Wildman–Crippen MR) is 126 cm³/mol. The van der Waals surface area contributed by atoms with Crippen LogP contribution in [0, 0.1) is 11.3 Å². The Balaban J connectivity index is 1.52. The van der Waals surface area contributed by atoms with Crippen LogP contribution in [0.1, 0.15) is 18.1 Å². The minimum Gasteiger partial charge on any atom is -0.497 e. The summed E-state index contributed by atoms with van der Waals surface area (Å²) in [5.74, 6) is 0.0333. The number of carbonyl (C=O) groups excluding carboxylic acids is 2. The van der Waals surface area contributed by atoms with Crippen LogP contribution in [0.25, 0.3) is 6.08 Å². The van der Waals surface area contributed by atoms with Crippen LogP contribution in [0.3, 0.4) is 0 Å². The second kappa shape index (κ2) is 11.0. The highest BCUT2D eigenvalue weighted by Gasteiger charge is 2.31. The van der Waals surface area contributed by atoms with Crippen molar-refractivity contribution in [3.8, 4) is 11.8 Å². The van der Waals surface area contributed by atoms with E-state index in [1.807, 2.05) is 18.2 Å². The molecule has 0 aromatic heterocycles. The molecule has 0 aliphatic carbocycles. The molecule has 1 aliphatic heterocycles. The summed E-state index contributed by atoms with van der Waals surface area (Å²) in [4.78, 5) is 26.6. The zero-order valence-corrected chi connectivity index (χ0v) is 19.8. The topological polar surface area (TPSA) is 120 Å². The fourth-order valence-corrected chi connectivity index (χ4v) is 4.91. The Labute approximate surface area is 199 Å². The van der Waals surface area contributed by atoms with Gasteiger partial charge >= 0.3 is 0 Å². The van der Waals surface area contributed by atoms with E-state index in [9.17, 15) is 18.0 Å². The SMILES string of the molecule is COc1ccc(/C=C/C(=O)N[C@@H](C)C(=O)N2CCN(S(=O)(=O)c3ccc(C#N)cc3)CC2)cc1. The van der Waals surface area contributed by atoms with Gasteiger partial charge < -0.3 is 15.0 Å². The standard InChI is InChI=1S/C24H26N4O5S/c1-18(26-23(29)12-7-19-3-8-21(33-2)9-4-19)24(30)27-13-15-28(16-14-27)34(31,32)22-10-5-20(17-25)6-11-22/h3-12,18H,13-16H2,1-2H3,(H,26,29)/b12-7+/t18-/m0/s1. The summed E-state index contributed by atoms with van der Waals surface area (Å²) in [5.41, 5.74) is 1.19. The molecule has 1 atom stereocenters. The van der Waals surface area contributed by atoms with Crippen molar-refractivity contribution in [3.63, 3.8) is 0 Å². The van der Waals surface area contributed by atoms with E-state index in [4.69, 9.17) is 10.00 Å². The van der Waals surface area contributed by atoms with Gasteiger partial charge in [-0.15, -0.1) is 0 Å². The number of benzene rings is 2. The fourth-order valence-electron chi connectivity index (χ4n) is 3.48. The van der Waals surface area contributed by atoms with Crippen molar-refractivity contribution in [1.82, 2.24) is 14.5 Å². The molecule has 1 N–H and O–H groups in total. The molecule has 2 aromatic carbocycles. The van der Waals surface area contributed by atoms with Crippen molar-refractivity contribution in [2.75, 3.05) is 33.3 Å². The molecule has 0 spiro atoms. The van der Waals surface area contributed by atoms with Crippen LogP contribution in [-0.4, -0.2) is 68.8 Å². The Hall–Kier alpha value is -3.68. The summed E-state index contributed by atoms with van der Waals surface area (Å²) in [6, 6.07) is 14.1. The second-order valence-corrected chi connectivity index (χ2v) is 9.64. The highest BCUT2D eigenvalue weighted by Crippen LogP contribution is 2.18. The van der Waals surface area contributed by atoms with Crippen molar-refractivity contribution in [3.05, 3.63) is 65.7 Å². The van der Waals surface area contributed by atoms with Crippen molar-refractivity contribution in [2.24, 2.45) is 0 Å². The molecule has 1 heterocycles. The lowest BCUT2D eigenvalue weighted by Gasteiger charge is -2.35. The molecule has 0 saturated carbocycles. The Morgan fingerprint density at radius 2 is 1.68 bits per heavy atom. The number of carbonyl (C=O) groups is 2. The summed E-state index contributed by atoms with van der Waals surface area (Å²) in [5, 5.41) is 11.5. The minimum absolute atomic E-state index is 0.107. The number of hydrogen-bond donors (Lipinski definition) is 1. The number of nitriles is 1. The lowest BCUT2D eigenvalue weighted by atomic mass is 10.2. The number of amides is 2. The molecular formula is C24H26N4O5S. The number of sulfonamides is 1. The molecule has 3 rings (SSSR count).